The Bertz CT molecular complexity index is 867. The molecule has 0 saturated heterocycles. The number of rotatable bonds is 7. The lowest BCUT2D eigenvalue weighted by atomic mass is 9.68. The van der Waals surface area contributed by atoms with E-state index in [1.54, 1.807) is 0 Å². The van der Waals surface area contributed by atoms with Gasteiger partial charge in [-0.2, -0.15) is 5.26 Å². The van der Waals surface area contributed by atoms with Crippen LogP contribution in [0.5, 0.6) is 0 Å². The quantitative estimate of drug-likeness (QED) is 0.541. The SMILES string of the molecule is CC(C)(C)[S+]([O-])NCCC(c1cccc(N)c1)(c1cccc(C#N)c1)C1CC1. The first-order chi connectivity index (χ1) is 13.3. The molecule has 3 N–H and O–H groups in total. The number of hydrogen-bond donors (Lipinski definition) is 2. The highest BCUT2D eigenvalue weighted by atomic mass is 32.2. The Balaban J connectivity index is 2.01. The first-order valence-corrected chi connectivity index (χ1v) is 10.9. The maximum absolute atomic E-state index is 12.5. The zero-order valence-electron chi connectivity index (χ0n) is 16.9. The minimum atomic E-state index is -1.12. The fourth-order valence-electron chi connectivity index (χ4n) is 3.95. The van der Waals surface area contributed by atoms with Crippen LogP contribution in [0.1, 0.15) is 56.7 Å². The summed E-state index contributed by atoms with van der Waals surface area (Å²) < 4.78 is 15.4. The van der Waals surface area contributed by atoms with Crippen molar-refractivity contribution in [3.63, 3.8) is 0 Å². The third kappa shape index (κ3) is 4.35. The predicted octanol–water partition coefficient (Wildman–Crippen LogP) is 4.28. The molecule has 4 nitrogen and oxygen atoms in total. The predicted molar refractivity (Wildman–Crippen MR) is 116 cm³/mol. The molecule has 1 fully saturated rings. The van der Waals surface area contributed by atoms with Crippen LogP contribution in [-0.4, -0.2) is 15.8 Å². The van der Waals surface area contributed by atoms with Gasteiger partial charge in [-0.3, -0.25) is 0 Å². The second-order valence-corrected chi connectivity index (χ2v) is 10.6. The van der Waals surface area contributed by atoms with E-state index in [0.717, 1.165) is 30.5 Å². The number of nitrogens with zero attached hydrogens (tertiary/aromatic N) is 1. The van der Waals surface area contributed by atoms with Gasteiger partial charge in [-0.25, -0.2) is 0 Å². The number of nitrogen functional groups attached to an aromatic ring is 1. The van der Waals surface area contributed by atoms with E-state index in [0.29, 0.717) is 18.0 Å². The first kappa shape index (κ1) is 20.7. The van der Waals surface area contributed by atoms with Crippen LogP contribution >= 0.6 is 0 Å². The first-order valence-electron chi connectivity index (χ1n) is 9.79. The summed E-state index contributed by atoms with van der Waals surface area (Å²) in [6.07, 6.45) is 3.10. The zero-order chi connectivity index (χ0) is 20.4. The highest BCUT2D eigenvalue weighted by molar-refractivity contribution is 7.90. The van der Waals surface area contributed by atoms with Crippen molar-refractivity contribution in [1.29, 1.82) is 5.26 Å². The average molecular weight is 396 g/mol. The Morgan fingerprint density at radius 2 is 1.79 bits per heavy atom. The molecule has 1 aliphatic rings. The van der Waals surface area contributed by atoms with Crippen LogP contribution in [-0.2, 0) is 16.8 Å². The van der Waals surface area contributed by atoms with Crippen LogP contribution < -0.4 is 10.5 Å². The molecule has 0 heterocycles. The van der Waals surface area contributed by atoms with Crippen molar-refractivity contribution >= 4 is 17.0 Å². The summed E-state index contributed by atoms with van der Waals surface area (Å²) in [5.41, 5.74) is 9.61. The molecule has 0 radical (unpaired) electrons. The number of nitrogens with two attached hydrogens (primary N) is 1. The highest BCUT2D eigenvalue weighted by Gasteiger charge is 2.47. The Hall–Kier alpha value is -2.00. The topological polar surface area (TPSA) is 84.9 Å². The van der Waals surface area contributed by atoms with Crippen LogP contribution in [0.3, 0.4) is 0 Å². The van der Waals surface area contributed by atoms with E-state index >= 15 is 0 Å². The largest absolute Gasteiger partial charge is 0.598 e. The highest BCUT2D eigenvalue weighted by Crippen LogP contribution is 2.53. The van der Waals surface area contributed by atoms with Gasteiger partial charge in [-0.15, -0.1) is 4.72 Å². The molecular formula is C23H29N3OS. The van der Waals surface area contributed by atoms with E-state index in [1.807, 2.05) is 51.1 Å². The second-order valence-electron chi connectivity index (χ2n) is 8.59. The molecule has 3 rings (SSSR count). The molecule has 2 unspecified atom stereocenters. The zero-order valence-corrected chi connectivity index (χ0v) is 17.7. The maximum atomic E-state index is 12.5. The Labute approximate surface area is 171 Å². The van der Waals surface area contributed by atoms with Gasteiger partial charge in [0, 0.05) is 29.0 Å². The molecule has 1 aliphatic carbocycles. The molecular weight excluding hydrogens is 366 g/mol. The molecule has 0 bridgehead atoms. The monoisotopic (exact) mass is 395 g/mol. The van der Waals surface area contributed by atoms with Gasteiger partial charge in [0.2, 0.25) is 0 Å². The van der Waals surface area contributed by atoms with Crippen LogP contribution in [0.2, 0.25) is 0 Å². The van der Waals surface area contributed by atoms with E-state index in [4.69, 9.17) is 5.73 Å². The molecule has 2 aromatic carbocycles. The van der Waals surface area contributed by atoms with Crippen molar-refractivity contribution in [3.8, 4) is 6.07 Å². The average Bonchev–Trinajstić information content (AvgIpc) is 3.50. The molecule has 0 amide bonds. The number of nitrogens with one attached hydrogen (secondary N) is 1. The molecule has 0 aliphatic heterocycles. The summed E-state index contributed by atoms with van der Waals surface area (Å²) in [6.45, 7) is 6.54. The summed E-state index contributed by atoms with van der Waals surface area (Å²) in [7, 11) is 0. The van der Waals surface area contributed by atoms with Gasteiger partial charge in [0.25, 0.3) is 0 Å². The van der Waals surface area contributed by atoms with Crippen molar-refractivity contribution in [3.05, 3.63) is 65.2 Å². The van der Waals surface area contributed by atoms with Crippen molar-refractivity contribution in [2.75, 3.05) is 12.3 Å². The Morgan fingerprint density at radius 1 is 1.14 bits per heavy atom. The van der Waals surface area contributed by atoms with Gasteiger partial charge < -0.3 is 10.3 Å². The molecule has 148 valence electrons. The lowest BCUT2D eigenvalue weighted by molar-refractivity contribution is 0.410. The molecule has 5 heteroatoms. The summed E-state index contributed by atoms with van der Waals surface area (Å²) in [4.78, 5) is 0. The fraction of sp³-hybridized carbons (Fsp3) is 0.435. The molecule has 2 aromatic rings. The van der Waals surface area contributed by atoms with Gasteiger partial charge in [0.05, 0.1) is 11.6 Å². The summed E-state index contributed by atoms with van der Waals surface area (Å²) in [6, 6.07) is 18.3. The van der Waals surface area contributed by atoms with Crippen molar-refractivity contribution in [2.24, 2.45) is 5.92 Å². The number of anilines is 1. The van der Waals surface area contributed by atoms with Gasteiger partial charge in [-0.1, -0.05) is 24.3 Å². The Morgan fingerprint density at radius 3 is 2.36 bits per heavy atom. The van der Waals surface area contributed by atoms with Crippen LogP contribution in [0.15, 0.2) is 48.5 Å². The van der Waals surface area contributed by atoms with E-state index in [2.05, 4.69) is 29.0 Å². The maximum Gasteiger partial charge on any atom is 0.136 e. The van der Waals surface area contributed by atoms with E-state index in [1.165, 1.54) is 5.56 Å². The summed E-state index contributed by atoms with van der Waals surface area (Å²) in [5.74, 6) is 0.494. The van der Waals surface area contributed by atoms with Crippen molar-refractivity contribution in [2.45, 2.75) is 50.2 Å². The van der Waals surface area contributed by atoms with Gasteiger partial charge >= 0.3 is 0 Å². The minimum Gasteiger partial charge on any atom is -0.598 e. The van der Waals surface area contributed by atoms with Gasteiger partial charge in [0.1, 0.15) is 4.75 Å². The third-order valence-electron chi connectivity index (χ3n) is 5.49. The molecule has 28 heavy (non-hydrogen) atoms. The van der Waals surface area contributed by atoms with Gasteiger partial charge in [0.15, 0.2) is 0 Å². The van der Waals surface area contributed by atoms with Gasteiger partial charge in [-0.05, 0) is 81.3 Å². The normalized spacial score (nSPS) is 17.5. The molecule has 0 aromatic heterocycles. The lowest BCUT2D eigenvalue weighted by Crippen LogP contribution is -2.42. The van der Waals surface area contributed by atoms with Crippen LogP contribution in [0, 0.1) is 17.2 Å². The van der Waals surface area contributed by atoms with Crippen LogP contribution in [0.25, 0.3) is 0 Å². The number of hydrogen-bond acceptors (Lipinski definition) is 4. The molecule has 1 saturated carbocycles. The van der Waals surface area contributed by atoms with Crippen molar-refractivity contribution < 1.29 is 4.55 Å². The van der Waals surface area contributed by atoms with E-state index < -0.39 is 11.4 Å². The number of nitriles is 1. The Kier molecular flexibility index (Phi) is 6.04. The number of benzene rings is 2. The third-order valence-corrected chi connectivity index (χ3v) is 7.07. The van der Waals surface area contributed by atoms with Crippen molar-refractivity contribution in [1.82, 2.24) is 4.72 Å². The molecule has 0 spiro atoms. The minimum absolute atomic E-state index is 0.239. The lowest BCUT2D eigenvalue weighted by Gasteiger charge is -2.36. The summed E-state index contributed by atoms with van der Waals surface area (Å²) in [5, 5.41) is 9.41. The smallest absolute Gasteiger partial charge is 0.136 e. The standard InChI is InChI=1S/C23H29N3OS/c1-22(2,3)28(27)26-13-12-23(18-10-11-18,20-8-5-9-21(25)15-20)19-7-4-6-17(14-19)16-24/h4-9,14-15,18,26H,10-13,25H2,1-3H3. The molecule has 2 atom stereocenters. The van der Waals surface area contributed by atoms with Crippen LogP contribution in [0.4, 0.5) is 5.69 Å². The second kappa shape index (κ2) is 8.16. The fourth-order valence-corrected chi connectivity index (χ4v) is 4.67. The van der Waals surface area contributed by atoms with E-state index in [9.17, 15) is 9.81 Å². The summed E-state index contributed by atoms with van der Waals surface area (Å²) >= 11 is -1.12. The van der Waals surface area contributed by atoms with E-state index in [-0.39, 0.29) is 10.2 Å².